The van der Waals surface area contributed by atoms with Gasteiger partial charge in [0.2, 0.25) is 5.91 Å². The Morgan fingerprint density at radius 2 is 1.70 bits per heavy atom. The van der Waals surface area contributed by atoms with Crippen LogP contribution < -0.4 is 16.4 Å². The summed E-state index contributed by atoms with van der Waals surface area (Å²) in [5.74, 6) is -0.628. The van der Waals surface area contributed by atoms with Crippen LogP contribution in [0, 0.1) is 0 Å². The molecule has 0 aliphatic rings. The Morgan fingerprint density at radius 1 is 0.970 bits per heavy atom. The van der Waals surface area contributed by atoms with Crippen LogP contribution >= 0.6 is 0 Å². The van der Waals surface area contributed by atoms with Gasteiger partial charge in [-0.2, -0.15) is 13.2 Å². The number of carbonyl (C=O) groups is 2. The van der Waals surface area contributed by atoms with Gasteiger partial charge in [0.25, 0.3) is 0 Å². The molecule has 1 aromatic heterocycles. The normalized spacial score (nSPS) is 11.4. The van der Waals surface area contributed by atoms with E-state index in [1.165, 1.54) is 12.1 Å². The Balaban J connectivity index is 1.53. The zero-order chi connectivity index (χ0) is 23.6. The number of hydrogen-bond donors (Lipinski definition) is 3. The summed E-state index contributed by atoms with van der Waals surface area (Å²) < 4.78 is 43.4. The van der Waals surface area contributed by atoms with Gasteiger partial charge in [-0.1, -0.05) is 35.5 Å². The van der Waals surface area contributed by atoms with E-state index in [1.807, 2.05) is 0 Å². The first-order chi connectivity index (χ1) is 15.7. The predicted molar refractivity (Wildman–Crippen MR) is 115 cm³/mol. The Labute approximate surface area is 185 Å². The van der Waals surface area contributed by atoms with Gasteiger partial charge >= 0.3 is 12.2 Å². The lowest BCUT2D eigenvalue weighted by atomic mass is 9.99. The first-order valence-electron chi connectivity index (χ1n) is 9.72. The van der Waals surface area contributed by atoms with Crippen LogP contribution in [-0.2, 0) is 12.7 Å². The van der Waals surface area contributed by atoms with Crippen molar-refractivity contribution < 1.29 is 27.3 Å². The van der Waals surface area contributed by atoms with E-state index >= 15 is 0 Å². The molecule has 0 fully saturated rings. The van der Waals surface area contributed by atoms with Crippen molar-refractivity contribution in [3.8, 4) is 11.3 Å². The lowest BCUT2D eigenvalue weighted by Gasteiger charge is -2.12. The predicted octanol–water partition coefficient (Wildman–Crippen LogP) is 4.93. The molecule has 0 atom stereocenters. The second-order valence-corrected chi connectivity index (χ2v) is 7.11. The third-order valence-corrected chi connectivity index (χ3v) is 4.95. The van der Waals surface area contributed by atoms with Crippen LogP contribution in [0.25, 0.3) is 22.2 Å². The molecule has 4 rings (SSSR count). The Bertz CT molecular complexity index is 1330. The third-order valence-electron chi connectivity index (χ3n) is 4.95. The molecule has 0 bridgehead atoms. The van der Waals surface area contributed by atoms with Gasteiger partial charge < -0.3 is 20.9 Å². The first-order valence-corrected chi connectivity index (χ1v) is 9.72. The number of amides is 3. The van der Waals surface area contributed by atoms with Crippen molar-refractivity contribution in [2.45, 2.75) is 12.7 Å². The Hall–Kier alpha value is -4.34. The summed E-state index contributed by atoms with van der Waals surface area (Å²) in [6.45, 7) is 0.0791. The van der Waals surface area contributed by atoms with Gasteiger partial charge in [-0.05, 0) is 42.0 Å². The van der Waals surface area contributed by atoms with E-state index in [4.69, 9.17) is 10.3 Å². The fourth-order valence-corrected chi connectivity index (χ4v) is 3.38. The van der Waals surface area contributed by atoms with Crippen LogP contribution in [0.5, 0.6) is 0 Å². The largest absolute Gasteiger partial charge is 0.416 e. The first kappa shape index (κ1) is 21.9. The summed E-state index contributed by atoms with van der Waals surface area (Å²) in [4.78, 5) is 24.2. The van der Waals surface area contributed by atoms with Crippen LogP contribution in [0.15, 0.2) is 71.3 Å². The molecule has 7 nitrogen and oxygen atoms in total. The third kappa shape index (κ3) is 4.64. The molecule has 0 saturated carbocycles. The molecule has 168 valence electrons. The van der Waals surface area contributed by atoms with Gasteiger partial charge in [0.15, 0.2) is 5.58 Å². The summed E-state index contributed by atoms with van der Waals surface area (Å²) >= 11 is 0. The number of primary amides is 1. The van der Waals surface area contributed by atoms with E-state index in [-0.39, 0.29) is 17.8 Å². The molecule has 0 aliphatic heterocycles. The molecule has 4 N–H and O–H groups in total. The topological polar surface area (TPSA) is 110 Å². The lowest BCUT2D eigenvalue weighted by Crippen LogP contribution is -2.28. The maximum absolute atomic E-state index is 12.7. The van der Waals surface area contributed by atoms with Crippen molar-refractivity contribution in [3.63, 3.8) is 0 Å². The van der Waals surface area contributed by atoms with Gasteiger partial charge in [-0.3, -0.25) is 4.79 Å². The number of nitrogens with one attached hydrogen (secondary N) is 2. The van der Waals surface area contributed by atoms with Crippen molar-refractivity contribution in [1.82, 2.24) is 10.5 Å². The molecule has 0 unspecified atom stereocenters. The number of rotatable bonds is 5. The summed E-state index contributed by atoms with van der Waals surface area (Å²) in [6, 6.07) is 15.4. The standard InChI is InChI=1S/C23H17F3N4O3/c24-23(25,26)14-8-10-15(11-9-14)29-22(32)28-12-13-4-1-2-5-16(13)20-19-17(21(27)31)6-3-7-18(19)33-30-20/h1-11H,12H2,(H2,27,31)(H2,28,29,32). The molecule has 0 spiro atoms. The second kappa shape index (κ2) is 8.65. The van der Waals surface area contributed by atoms with Crippen molar-refractivity contribution in [3.05, 3.63) is 83.4 Å². The Kier molecular flexibility index (Phi) is 5.74. The van der Waals surface area contributed by atoms with Gasteiger partial charge in [0.05, 0.1) is 16.5 Å². The molecule has 1 heterocycles. The van der Waals surface area contributed by atoms with Gasteiger partial charge in [-0.15, -0.1) is 0 Å². The van der Waals surface area contributed by atoms with Crippen LogP contribution in [0.1, 0.15) is 21.5 Å². The molecule has 33 heavy (non-hydrogen) atoms. The zero-order valence-corrected chi connectivity index (χ0v) is 16.9. The van der Waals surface area contributed by atoms with E-state index in [9.17, 15) is 22.8 Å². The summed E-state index contributed by atoms with van der Waals surface area (Å²) in [5, 5.41) is 9.70. The van der Waals surface area contributed by atoms with Crippen molar-refractivity contribution in [2.75, 3.05) is 5.32 Å². The van der Waals surface area contributed by atoms with Crippen LogP contribution in [0.2, 0.25) is 0 Å². The van der Waals surface area contributed by atoms with Crippen LogP contribution in [-0.4, -0.2) is 17.1 Å². The highest BCUT2D eigenvalue weighted by Gasteiger charge is 2.30. The number of alkyl halides is 3. The number of hydrogen-bond acceptors (Lipinski definition) is 4. The van der Waals surface area contributed by atoms with E-state index in [2.05, 4.69) is 15.8 Å². The van der Waals surface area contributed by atoms with Crippen molar-refractivity contribution in [1.29, 1.82) is 0 Å². The monoisotopic (exact) mass is 454 g/mol. The average molecular weight is 454 g/mol. The second-order valence-electron chi connectivity index (χ2n) is 7.11. The minimum absolute atomic E-state index is 0.0791. The van der Waals surface area contributed by atoms with Gasteiger partial charge in [-0.25, -0.2) is 4.79 Å². The minimum Gasteiger partial charge on any atom is -0.366 e. The highest BCUT2D eigenvalue weighted by Crippen LogP contribution is 2.33. The smallest absolute Gasteiger partial charge is 0.366 e. The maximum Gasteiger partial charge on any atom is 0.416 e. The van der Waals surface area contributed by atoms with Gasteiger partial charge in [0.1, 0.15) is 5.69 Å². The number of nitrogens with two attached hydrogens (primary N) is 1. The molecule has 0 radical (unpaired) electrons. The number of urea groups is 1. The molecular formula is C23H17F3N4O3. The quantitative estimate of drug-likeness (QED) is 0.397. The number of anilines is 1. The van der Waals surface area contributed by atoms with E-state index in [0.717, 1.165) is 12.1 Å². The van der Waals surface area contributed by atoms with Crippen molar-refractivity contribution in [2.24, 2.45) is 5.73 Å². The average Bonchev–Trinajstić information content (AvgIpc) is 3.21. The Morgan fingerprint density at radius 3 is 2.39 bits per heavy atom. The fraction of sp³-hybridized carbons (Fsp3) is 0.0870. The highest BCUT2D eigenvalue weighted by molar-refractivity contribution is 6.10. The summed E-state index contributed by atoms with van der Waals surface area (Å²) in [5.41, 5.74) is 7.25. The number of fused-ring (bicyclic) bond motifs is 1. The molecule has 4 aromatic rings. The molecule has 0 saturated heterocycles. The number of aromatic nitrogens is 1. The summed E-state index contributed by atoms with van der Waals surface area (Å²) in [6.07, 6.45) is -4.45. The number of benzene rings is 3. The molecule has 0 aliphatic carbocycles. The molecule has 3 aromatic carbocycles. The zero-order valence-electron chi connectivity index (χ0n) is 16.9. The highest BCUT2D eigenvalue weighted by atomic mass is 19.4. The minimum atomic E-state index is -4.45. The number of nitrogens with zero attached hydrogens (tertiary/aromatic N) is 1. The van der Waals surface area contributed by atoms with Crippen molar-refractivity contribution >= 4 is 28.6 Å². The van der Waals surface area contributed by atoms with E-state index in [0.29, 0.717) is 27.8 Å². The molecular weight excluding hydrogens is 437 g/mol. The molecule has 10 heteroatoms. The van der Waals surface area contributed by atoms with E-state index in [1.54, 1.807) is 42.5 Å². The summed E-state index contributed by atoms with van der Waals surface area (Å²) in [7, 11) is 0. The fourth-order valence-electron chi connectivity index (χ4n) is 3.38. The van der Waals surface area contributed by atoms with E-state index < -0.39 is 23.7 Å². The maximum atomic E-state index is 12.7. The lowest BCUT2D eigenvalue weighted by molar-refractivity contribution is -0.137. The van der Waals surface area contributed by atoms with Crippen LogP contribution in [0.4, 0.5) is 23.7 Å². The number of halogens is 3. The van der Waals surface area contributed by atoms with Crippen LogP contribution in [0.3, 0.4) is 0 Å². The molecule has 3 amide bonds. The SMILES string of the molecule is NC(=O)c1cccc2onc(-c3ccccc3CNC(=O)Nc3ccc(C(F)(F)F)cc3)c12. The van der Waals surface area contributed by atoms with Gasteiger partial charge in [0, 0.05) is 17.8 Å². The number of carbonyl (C=O) groups excluding carboxylic acids is 2.